The summed E-state index contributed by atoms with van der Waals surface area (Å²) >= 11 is 0. The van der Waals surface area contributed by atoms with Crippen molar-refractivity contribution < 1.29 is 17.5 Å². The molecule has 1 aromatic carbocycles. The predicted molar refractivity (Wildman–Crippen MR) is 98.0 cm³/mol. The van der Waals surface area contributed by atoms with Crippen molar-refractivity contribution in [1.82, 2.24) is 9.71 Å². The van der Waals surface area contributed by atoms with Crippen LogP contribution < -0.4 is 15.2 Å². The smallest absolute Gasteiger partial charge is 0.240 e. The first kappa shape index (κ1) is 20.3. The van der Waals surface area contributed by atoms with Gasteiger partial charge in [-0.25, -0.2) is 17.5 Å². The number of halogens is 1. The molecule has 6 nitrogen and oxygen atoms in total. The molecule has 0 spiro atoms. The summed E-state index contributed by atoms with van der Waals surface area (Å²) in [6, 6.07) is 6.10. The van der Waals surface area contributed by atoms with Crippen LogP contribution in [0.4, 0.5) is 4.39 Å². The van der Waals surface area contributed by atoms with Gasteiger partial charge in [-0.3, -0.25) is 4.98 Å². The molecule has 0 bridgehead atoms. The Balaban J connectivity index is 1.90. The minimum absolute atomic E-state index is 0.0365. The Morgan fingerprint density at radius 2 is 2.00 bits per heavy atom. The zero-order chi connectivity index (χ0) is 19.4. The number of hydrogen-bond donors (Lipinski definition) is 2. The highest BCUT2D eigenvalue weighted by molar-refractivity contribution is 7.89. The lowest BCUT2D eigenvalue weighted by Gasteiger charge is -2.20. The molecule has 1 atom stereocenters. The maximum absolute atomic E-state index is 13.2. The highest BCUT2D eigenvalue weighted by Crippen LogP contribution is 2.24. The van der Waals surface area contributed by atoms with E-state index in [0.29, 0.717) is 5.75 Å². The molecule has 3 N–H and O–H groups in total. The van der Waals surface area contributed by atoms with Crippen molar-refractivity contribution in [3.63, 3.8) is 0 Å². The van der Waals surface area contributed by atoms with Gasteiger partial charge in [0.2, 0.25) is 10.0 Å². The zero-order valence-corrected chi connectivity index (χ0v) is 15.9. The van der Waals surface area contributed by atoms with Gasteiger partial charge in [0, 0.05) is 12.7 Å². The first-order chi connectivity index (χ1) is 12.1. The Morgan fingerprint density at radius 1 is 1.27 bits per heavy atom. The van der Waals surface area contributed by atoms with Gasteiger partial charge in [0.25, 0.3) is 0 Å². The average molecular weight is 381 g/mol. The van der Waals surface area contributed by atoms with Crippen LogP contribution in [0.3, 0.4) is 0 Å². The van der Waals surface area contributed by atoms with Crippen molar-refractivity contribution in [2.75, 3.05) is 13.2 Å². The lowest BCUT2D eigenvalue weighted by atomic mass is 9.88. The van der Waals surface area contributed by atoms with Gasteiger partial charge in [-0.05, 0) is 35.2 Å². The third-order valence-electron chi connectivity index (χ3n) is 3.69. The minimum Gasteiger partial charge on any atom is -0.490 e. The zero-order valence-electron chi connectivity index (χ0n) is 15.1. The molecule has 2 aromatic rings. The molecule has 8 heteroatoms. The first-order valence-corrected chi connectivity index (χ1v) is 9.65. The molecule has 142 valence electrons. The van der Waals surface area contributed by atoms with Crippen LogP contribution in [-0.2, 0) is 15.4 Å². The van der Waals surface area contributed by atoms with Crippen molar-refractivity contribution in [3.05, 3.63) is 54.1 Å². The van der Waals surface area contributed by atoms with E-state index in [-0.39, 0.29) is 23.5 Å². The average Bonchev–Trinajstić information content (AvgIpc) is 2.58. The van der Waals surface area contributed by atoms with Crippen LogP contribution in [0.1, 0.15) is 26.3 Å². The summed E-state index contributed by atoms with van der Waals surface area (Å²) in [6.07, 6.45) is 3.36. The van der Waals surface area contributed by atoms with Crippen LogP contribution >= 0.6 is 0 Å². The quantitative estimate of drug-likeness (QED) is 0.767. The van der Waals surface area contributed by atoms with Crippen LogP contribution in [0, 0.1) is 5.82 Å². The molecule has 26 heavy (non-hydrogen) atoms. The fourth-order valence-corrected chi connectivity index (χ4v) is 3.23. The van der Waals surface area contributed by atoms with E-state index < -0.39 is 21.9 Å². The third kappa shape index (κ3) is 5.76. The van der Waals surface area contributed by atoms with Crippen LogP contribution in [0.5, 0.6) is 5.75 Å². The predicted octanol–water partition coefficient (Wildman–Crippen LogP) is 2.20. The van der Waals surface area contributed by atoms with Gasteiger partial charge in [-0.2, -0.15) is 0 Å². The van der Waals surface area contributed by atoms with Crippen LogP contribution in [0.2, 0.25) is 0 Å². The maximum Gasteiger partial charge on any atom is 0.240 e. The lowest BCUT2D eigenvalue weighted by molar-refractivity contribution is 0.286. The van der Waals surface area contributed by atoms with E-state index >= 15 is 0 Å². The molecule has 1 aromatic heterocycles. The van der Waals surface area contributed by atoms with Gasteiger partial charge in [0.05, 0.1) is 17.1 Å². The summed E-state index contributed by atoms with van der Waals surface area (Å²) in [5.74, 6) is -0.0485. The van der Waals surface area contributed by atoms with Gasteiger partial charge < -0.3 is 10.5 Å². The fourth-order valence-electron chi connectivity index (χ4n) is 2.10. The number of rotatable bonds is 7. The van der Waals surface area contributed by atoms with Crippen molar-refractivity contribution in [3.8, 4) is 5.75 Å². The molecule has 0 unspecified atom stereocenters. The molecule has 0 fully saturated rings. The SMILES string of the molecule is CC(C)(C)c1cncc(OC[C@@H](N)CNS(=O)(=O)c2cccc(F)c2)c1. The van der Waals surface area contributed by atoms with E-state index in [4.69, 9.17) is 10.5 Å². The van der Waals surface area contributed by atoms with Gasteiger partial charge in [-0.1, -0.05) is 26.8 Å². The minimum atomic E-state index is -3.82. The highest BCUT2D eigenvalue weighted by Gasteiger charge is 2.17. The Bertz CT molecular complexity index is 851. The maximum atomic E-state index is 13.2. The summed E-state index contributed by atoms with van der Waals surface area (Å²) in [6.45, 7) is 6.29. The molecule has 0 aliphatic carbocycles. The Morgan fingerprint density at radius 3 is 2.65 bits per heavy atom. The second-order valence-corrected chi connectivity index (χ2v) is 8.81. The molecule has 0 aliphatic heterocycles. The van der Waals surface area contributed by atoms with E-state index in [9.17, 15) is 12.8 Å². The number of nitrogens with one attached hydrogen (secondary N) is 1. The number of ether oxygens (including phenoxy) is 1. The van der Waals surface area contributed by atoms with Gasteiger partial charge in [-0.15, -0.1) is 0 Å². The summed E-state index contributed by atoms with van der Waals surface area (Å²) in [7, 11) is -3.82. The molecule has 2 rings (SSSR count). The van der Waals surface area contributed by atoms with Crippen molar-refractivity contribution in [2.45, 2.75) is 37.1 Å². The number of nitrogens with two attached hydrogens (primary N) is 1. The fraction of sp³-hybridized carbons (Fsp3) is 0.389. The normalized spacial score (nSPS) is 13.4. The lowest BCUT2D eigenvalue weighted by Crippen LogP contribution is -2.40. The molecule has 0 saturated heterocycles. The summed E-state index contributed by atoms with van der Waals surface area (Å²) < 4.78 is 45.4. The van der Waals surface area contributed by atoms with E-state index in [0.717, 1.165) is 11.6 Å². The summed E-state index contributed by atoms with van der Waals surface area (Å²) in [5, 5.41) is 0. The van der Waals surface area contributed by atoms with E-state index in [1.807, 2.05) is 6.07 Å². The molecule has 0 saturated carbocycles. The number of benzene rings is 1. The molecular formula is C18H24FN3O3S. The summed E-state index contributed by atoms with van der Waals surface area (Å²) in [5.41, 5.74) is 6.88. The number of sulfonamides is 1. The second kappa shape index (κ2) is 8.11. The third-order valence-corrected chi connectivity index (χ3v) is 5.11. The largest absolute Gasteiger partial charge is 0.490 e. The van der Waals surface area contributed by atoms with Crippen LogP contribution in [0.15, 0.2) is 47.6 Å². The standard InChI is InChI=1S/C18H24FN3O3S/c1-18(2,3)13-7-16(11-21-9-13)25-12-15(20)10-22-26(23,24)17-6-4-5-14(19)8-17/h4-9,11,15,22H,10,12,20H2,1-3H3/t15-/m0/s1. The second-order valence-electron chi connectivity index (χ2n) is 7.04. The Kier molecular flexibility index (Phi) is 6.33. The van der Waals surface area contributed by atoms with E-state index in [2.05, 4.69) is 30.5 Å². The number of aromatic nitrogens is 1. The Hall–Kier alpha value is -2.03. The molecule has 0 radical (unpaired) electrons. The van der Waals surface area contributed by atoms with Gasteiger partial charge >= 0.3 is 0 Å². The monoisotopic (exact) mass is 381 g/mol. The molecule has 0 amide bonds. The topological polar surface area (TPSA) is 94.3 Å². The van der Waals surface area contributed by atoms with Gasteiger partial charge in [0.1, 0.15) is 18.2 Å². The molecule has 1 heterocycles. The molecule has 0 aliphatic rings. The van der Waals surface area contributed by atoms with E-state index in [1.165, 1.54) is 18.2 Å². The first-order valence-electron chi connectivity index (χ1n) is 8.17. The number of hydrogen-bond acceptors (Lipinski definition) is 5. The van der Waals surface area contributed by atoms with Crippen molar-refractivity contribution in [2.24, 2.45) is 5.73 Å². The van der Waals surface area contributed by atoms with Crippen molar-refractivity contribution >= 4 is 10.0 Å². The highest BCUT2D eigenvalue weighted by atomic mass is 32.2. The van der Waals surface area contributed by atoms with Crippen molar-refractivity contribution in [1.29, 1.82) is 0 Å². The van der Waals surface area contributed by atoms with Crippen LogP contribution in [-0.4, -0.2) is 32.6 Å². The van der Waals surface area contributed by atoms with Crippen LogP contribution in [0.25, 0.3) is 0 Å². The van der Waals surface area contributed by atoms with Gasteiger partial charge in [0.15, 0.2) is 0 Å². The molecular weight excluding hydrogens is 357 g/mol. The number of pyridine rings is 1. The number of nitrogens with zero attached hydrogens (tertiary/aromatic N) is 1. The summed E-state index contributed by atoms with van der Waals surface area (Å²) in [4.78, 5) is 4.00. The Labute approximate surface area is 153 Å². The van der Waals surface area contributed by atoms with E-state index in [1.54, 1.807) is 12.4 Å².